The lowest BCUT2D eigenvalue weighted by Gasteiger charge is -2.06. The summed E-state index contributed by atoms with van der Waals surface area (Å²) < 4.78 is 5.53. The Morgan fingerprint density at radius 3 is 2.50 bits per heavy atom. The summed E-state index contributed by atoms with van der Waals surface area (Å²) in [5, 5.41) is 3.06. The lowest BCUT2D eigenvalue weighted by molar-refractivity contribution is 0.322. The fraction of sp³-hybridized carbons (Fsp3) is 0.333. The molecule has 0 amide bonds. The molecule has 76 valence electrons. The molecule has 0 fully saturated rings. The van der Waals surface area contributed by atoms with E-state index in [0.717, 1.165) is 23.4 Å². The van der Waals surface area contributed by atoms with Gasteiger partial charge in [0.2, 0.25) is 0 Å². The third kappa shape index (κ3) is 3.52. The van der Waals surface area contributed by atoms with Crippen molar-refractivity contribution in [2.24, 2.45) is 0 Å². The van der Waals surface area contributed by atoms with Gasteiger partial charge in [-0.15, -0.1) is 6.58 Å². The van der Waals surface area contributed by atoms with Crippen LogP contribution in [0.4, 0.5) is 5.69 Å². The maximum Gasteiger partial charge on any atom is 0.119 e. The van der Waals surface area contributed by atoms with Crippen molar-refractivity contribution in [3.05, 3.63) is 36.4 Å². The van der Waals surface area contributed by atoms with Crippen LogP contribution in [-0.4, -0.2) is 13.7 Å². The van der Waals surface area contributed by atoms with Crippen molar-refractivity contribution >= 4 is 5.69 Å². The minimum absolute atomic E-state index is 0.703. The summed E-state index contributed by atoms with van der Waals surface area (Å²) in [5.41, 5.74) is 2.24. The van der Waals surface area contributed by atoms with Gasteiger partial charge < -0.3 is 10.1 Å². The highest BCUT2D eigenvalue weighted by molar-refractivity contribution is 5.45. The number of anilines is 1. The second kappa shape index (κ2) is 5.32. The average molecular weight is 191 g/mol. The monoisotopic (exact) mass is 191 g/mol. The topological polar surface area (TPSA) is 21.3 Å². The molecule has 0 aromatic heterocycles. The third-order valence-corrected chi connectivity index (χ3v) is 1.94. The zero-order valence-corrected chi connectivity index (χ0v) is 8.84. The highest BCUT2D eigenvalue weighted by Crippen LogP contribution is 2.15. The van der Waals surface area contributed by atoms with Crippen LogP contribution in [0.3, 0.4) is 0 Å². The van der Waals surface area contributed by atoms with Crippen molar-refractivity contribution < 1.29 is 4.74 Å². The van der Waals surface area contributed by atoms with Gasteiger partial charge in [0.25, 0.3) is 0 Å². The van der Waals surface area contributed by atoms with Gasteiger partial charge >= 0.3 is 0 Å². The lowest BCUT2D eigenvalue weighted by Crippen LogP contribution is -1.97. The molecule has 0 spiro atoms. The van der Waals surface area contributed by atoms with Crippen LogP contribution in [0, 0.1) is 0 Å². The van der Waals surface area contributed by atoms with E-state index in [1.165, 1.54) is 0 Å². The molecule has 0 saturated carbocycles. The molecule has 1 N–H and O–H groups in total. The minimum atomic E-state index is 0.703. The van der Waals surface area contributed by atoms with Crippen molar-refractivity contribution in [3.63, 3.8) is 0 Å². The van der Waals surface area contributed by atoms with Crippen molar-refractivity contribution in [2.75, 3.05) is 19.0 Å². The molecule has 0 bridgehead atoms. The van der Waals surface area contributed by atoms with E-state index in [9.17, 15) is 0 Å². The molecule has 0 aliphatic heterocycles. The average Bonchev–Trinajstić information content (AvgIpc) is 2.18. The van der Waals surface area contributed by atoms with Gasteiger partial charge in [0.05, 0.1) is 6.61 Å². The Morgan fingerprint density at radius 1 is 1.36 bits per heavy atom. The summed E-state index contributed by atoms with van der Waals surface area (Å²) in [6.45, 7) is 6.53. The predicted octanol–water partition coefficient (Wildman–Crippen LogP) is 3.07. The largest absolute Gasteiger partial charge is 0.493 e. The first-order chi connectivity index (χ1) is 6.72. The van der Waals surface area contributed by atoms with Gasteiger partial charge in [-0.2, -0.15) is 0 Å². The van der Waals surface area contributed by atoms with Crippen molar-refractivity contribution in [3.8, 4) is 5.75 Å². The Bertz CT molecular complexity index is 290. The van der Waals surface area contributed by atoms with Crippen LogP contribution in [0.1, 0.15) is 13.3 Å². The van der Waals surface area contributed by atoms with E-state index in [0.29, 0.717) is 6.61 Å². The molecule has 14 heavy (non-hydrogen) atoms. The summed E-state index contributed by atoms with van der Waals surface area (Å²) in [5.74, 6) is 0.908. The fourth-order valence-corrected chi connectivity index (χ4v) is 1.06. The summed E-state index contributed by atoms with van der Waals surface area (Å²) in [6.07, 6.45) is 0.910. The first-order valence-electron chi connectivity index (χ1n) is 4.77. The number of hydrogen-bond acceptors (Lipinski definition) is 2. The van der Waals surface area contributed by atoms with E-state index < -0.39 is 0 Å². The number of rotatable bonds is 5. The molecule has 0 unspecified atom stereocenters. The summed E-state index contributed by atoms with van der Waals surface area (Å²) in [6, 6.07) is 7.92. The maximum absolute atomic E-state index is 5.53. The van der Waals surface area contributed by atoms with E-state index in [2.05, 4.69) is 11.9 Å². The predicted molar refractivity (Wildman–Crippen MR) is 60.9 cm³/mol. The second-order valence-corrected chi connectivity index (χ2v) is 3.33. The van der Waals surface area contributed by atoms with Crippen LogP contribution in [-0.2, 0) is 0 Å². The lowest BCUT2D eigenvalue weighted by atomic mass is 10.2. The molecule has 0 aliphatic carbocycles. The quantitative estimate of drug-likeness (QED) is 0.722. The first-order valence-corrected chi connectivity index (χ1v) is 4.77. The normalized spacial score (nSPS) is 9.57. The van der Waals surface area contributed by atoms with E-state index in [1.54, 1.807) is 0 Å². The van der Waals surface area contributed by atoms with Crippen molar-refractivity contribution in [1.82, 2.24) is 0 Å². The fourth-order valence-electron chi connectivity index (χ4n) is 1.06. The third-order valence-electron chi connectivity index (χ3n) is 1.94. The van der Waals surface area contributed by atoms with Gasteiger partial charge in [0.15, 0.2) is 0 Å². The zero-order chi connectivity index (χ0) is 10.4. The molecule has 0 aliphatic rings. The van der Waals surface area contributed by atoms with Gasteiger partial charge in [-0.05, 0) is 31.2 Å². The molecular weight excluding hydrogens is 174 g/mol. The van der Waals surface area contributed by atoms with Crippen LogP contribution < -0.4 is 10.1 Å². The highest BCUT2D eigenvalue weighted by atomic mass is 16.5. The van der Waals surface area contributed by atoms with E-state index in [4.69, 9.17) is 4.74 Å². The molecule has 1 rings (SSSR count). The molecule has 1 aromatic carbocycles. The molecule has 0 atom stereocenters. The van der Waals surface area contributed by atoms with Gasteiger partial charge in [0, 0.05) is 19.2 Å². The van der Waals surface area contributed by atoms with Crippen LogP contribution in [0.15, 0.2) is 36.4 Å². The standard InChI is InChI=1S/C12H17NO/c1-10(2)8-9-14-12-6-4-11(13-3)5-7-12/h4-7,13H,1,8-9H2,2-3H3. The smallest absolute Gasteiger partial charge is 0.119 e. The van der Waals surface area contributed by atoms with E-state index in [1.807, 2.05) is 38.2 Å². The van der Waals surface area contributed by atoms with Crippen LogP contribution >= 0.6 is 0 Å². The summed E-state index contributed by atoms with van der Waals surface area (Å²) in [7, 11) is 1.90. The van der Waals surface area contributed by atoms with Crippen LogP contribution in [0.5, 0.6) is 5.75 Å². The maximum atomic E-state index is 5.53. The molecule has 2 heteroatoms. The van der Waals surface area contributed by atoms with Gasteiger partial charge in [-0.25, -0.2) is 0 Å². The summed E-state index contributed by atoms with van der Waals surface area (Å²) >= 11 is 0. The zero-order valence-electron chi connectivity index (χ0n) is 8.84. The Labute approximate surface area is 85.6 Å². The molecular formula is C12H17NO. The SMILES string of the molecule is C=C(C)CCOc1ccc(NC)cc1. The molecule has 2 nitrogen and oxygen atoms in total. The van der Waals surface area contributed by atoms with Gasteiger partial charge in [0.1, 0.15) is 5.75 Å². The van der Waals surface area contributed by atoms with Gasteiger partial charge in [-0.3, -0.25) is 0 Å². The van der Waals surface area contributed by atoms with E-state index >= 15 is 0 Å². The number of benzene rings is 1. The Balaban J connectivity index is 2.40. The van der Waals surface area contributed by atoms with Crippen molar-refractivity contribution in [1.29, 1.82) is 0 Å². The molecule has 0 radical (unpaired) electrons. The number of nitrogens with one attached hydrogen (secondary N) is 1. The number of hydrogen-bond donors (Lipinski definition) is 1. The molecule has 0 heterocycles. The Morgan fingerprint density at radius 2 is 2.00 bits per heavy atom. The van der Waals surface area contributed by atoms with Crippen LogP contribution in [0.2, 0.25) is 0 Å². The number of ether oxygens (including phenoxy) is 1. The highest BCUT2D eigenvalue weighted by Gasteiger charge is 1.93. The molecule has 1 aromatic rings. The Hall–Kier alpha value is -1.44. The van der Waals surface area contributed by atoms with Crippen molar-refractivity contribution in [2.45, 2.75) is 13.3 Å². The second-order valence-electron chi connectivity index (χ2n) is 3.33. The van der Waals surface area contributed by atoms with Crippen LogP contribution in [0.25, 0.3) is 0 Å². The van der Waals surface area contributed by atoms with E-state index in [-0.39, 0.29) is 0 Å². The summed E-state index contributed by atoms with van der Waals surface area (Å²) in [4.78, 5) is 0. The first kappa shape index (κ1) is 10.6. The minimum Gasteiger partial charge on any atom is -0.493 e. The van der Waals surface area contributed by atoms with Gasteiger partial charge in [-0.1, -0.05) is 5.57 Å². The Kier molecular flexibility index (Phi) is 4.05. The molecule has 0 saturated heterocycles.